The molecule has 2 saturated heterocycles. The molecule has 2 heterocycles. The molecule has 0 aliphatic carbocycles. The molecule has 2 bridgehead atoms. The molecular weight excluding hydrogens is 234 g/mol. The molecule has 2 aliphatic rings. The Hall–Kier alpha value is -1.02. The van der Waals surface area contributed by atoms with Gasteiger partial charge in [-0.2, -0.15) is 0 Å². The molecule has 0 radical (unpaired) electrons. The molecule has 1 N–H and O–H groups in total. The molecule has 2 atom stereocenters. The first kappa shape index (κ1) is 13.0. The second-order valence-electron chi connectivity index (χ2n) is 6.10. The predicted octanol–water partition coefficient (Wildman–Crippen LogP) is 3.69. The number of nitrogens with one attached hydrogen (secondary N) is 1. The maximum absolute atomic E-state index is 6.24. The lowest BCUT2D eigenvalue weighted by molar-refractivity contribution is 0.0927. The Morgan fingerprint density at radius 3 is 2.74 bits per heavy atom. The minimum atomic E-state index is 0.411. The van der Waals surface area contributed by atoms with Gasteiger partial charge >= 0.3 is 0 Å². The highest BCUT2D eigenvalue weighted by atomic mass is 16.5. The van der Waals surface area contributed by atoms with E-state index in [4.69, 9.17) is 4.74 Å². The van der Waals surface area contributed by atoms with Crippen LogP contribution >= 0.6 is 0 Å². The van der Waals surface area contributed by atoms with Gasteiger partial charge in [0.15, 0.2) is 0 Å². The molecule has 0 amide bonds. The molecule has 0 saturated carbocycles. The smallest absolute Gasteiger partial charge is 0.119 e. The first-order chi connectivity index (χ1) is 9.33. The van der Waals surface area contributed by atoms with Crippen LogP contribution in [-0.2, 0) is 6.42 Å². The van der Waals surface area contributed by atoms with E-state index in [-0.39, 0.29) is 0 Å². The van der Waals surface area contributed by atoms with Crippen molar-refractivity contribution in [2.24, 2.45) is 0 Å². The lowest BCUT2D eigenvalue weighted by Crippen LogP contribution is -2.51. The van der Waals surface area contributed by atoms with Crippen molar-refractivity contribution in [2.75, 3.05) is 0 Å². The highest BCUT2D eigenvalue weighted by molar-refractivity contribution is 5.28. The normalized spacial score (nSPS) is 30.1. The highest BCUT2D eigenvalue weighted by Gasteiger charge is 2.32. The first-order valence-electron chi connectivity index (χ1n) is 7.85. The molecule has 2 unspecified atom stereocenters. The van der Waals surface area contributed by atoms with Crippen LogP contribution in [0.25, 0.3) is 0 Å². The molecule has 19 heavy (non-hydrogen) atoms. The summed E-state index contributed by atoms with van der Waals surface area (Å²) in [6.45, 7) is 2.22. The molecule has 0 spiro atoms. The van der Waals surface area contributed by atoms with E-state index >= 15 is 0 Å². The van der Waals surface area contributed by atoms with E-state index in [0.29, 0.717) is 18.2 Å². The van der Waals surface area contributed by atoms with E-state index < -0.39 is 0 Å². The molecule has 2 heteroatoms. The van der Waals surface area contributed by atoms with Gasteiger partial charge in [0.2, 0.25) is 0 Å². The van der Waals surface area contributed by atoms with E-state index in [9.17, 15) is 0 Å². The molecule has 2 nitrogen and oxygen atoms in total. The van der Waals surface area contributed by atoms with E-state index in [1.807, 2.05) is 0 Å². The number of aryl methyl sites for hydroxylation is 1. The zero-order valence-electron chi connectivity index (χ0n) is 11.9. The Balaban J connectivity index is 1.63. The number of ether oxygens (including phenoxy) is 1. The largest absolute Gasteiger partial charge is 0.490 e. The number of hydrogen-bond donors (Lipinski definition) is 1. The minimum Gasteiger partial charge on any atom is -0.490 e. The van der Waals surface area contributed by atoms with Gasteiger partial charge in [0.25, 0.3) is 0 Å². The summed E-state index contributed by atoms with van der Waals surface area (Å²) < 4.78 is 6.24. The summed E-state index contributed by atoms with van der Waals surface area (Å²) in [7, 11) is 0. The van der Waals surface area contributed by atoms with Crippen LogP contribution in [0.15, 0.2) is 24.3 Å². The Kier molecular flexibility index (Phi) is 4.07. The molecule has 104 valence electrons. The molecule has 2 aliphatic heterocycles. The Bertz CT molecular complexity index is 405. The van der Waals surface area contributed by atoms with Gasteiger partial charge in [0, 0.05) is 12.1 Å². The van der Waals surface area contributed by atoms with Crippen LogP contribution < -0.4 is 10.1 Å². The second kappa shape index (κ2) is 5.96. The summed E-state index contributed by atoms with van der Waals surface area (Å²) in [5.41, 5.74) is 1.40. The average molecular weight is 259 g/mol. The maximum atomic E-state index is 6.24. The second-order valence-corrected chi connectivity index (χ2v) is 6.10. The van der Waals surface area contributed by atoms with Gasteiger partial charge < -0.3 is 10.1 Å². The fourth-order valence-corrected chi connectivity index (χ4v) is 3.56. The summed E-state index contributed by atoms with van der Waals surface area (Å²) >= 11 is 0. The van der Waals surface area contributed by atoms with Gasteiger partial charge in [0.1, 0.15) is 11.9 Å². The van der Waals surface area contributed by atoms with Crippen molar-refractivity contribution < 1.29 is 4.74 Å². The van der Waals surface area contributed by atoms with Gasteiger partial charge in [-0.15, -0.1) is 0 Å². The zero-order chi connectivity index (χ0) is 13.1. The minimum absolute atomic E-state index is 0.411. The van der Waals surface area contributed by atoms with E-state index in [0.717, 1.165) is 12.2 Å². The lowest BCUT2D eigenvalue weighted by Gasteiger charge is -2.40. The van der Waals surface area contributed by atoms with Crippen LogP contribution in [0.5, 0.6) is 5.75 Å². The summed E-state index contributed by atoms with van der Waals surface area (Å²) in [5, 5.41) is 3.72. The molecule has 1 aromatic rings. The van der Waals surface area contributed by atoms with Crippen molar-refractivity contribution in [1.29, 1.82) is 0 Å². The van der Waals surface area contributed by atoms with Crippen molar-refractivity contribution >= 4 is 0 Å². The van der Waals surface area contributed by atoms with Crippen molar-refractivity contribution in [3.05, 3.63) is 29.8 Å². The summed E-state index contributed by atoms with van der Waals surface area (Å²) in [6.07, 6.45) is 9.14. The third-order valence-corrected chi connectivity index (χ3v) is 4.41. The van der Waals surface area contributed by atoms with Crippen molar-refractivity contribution in [2.45, 2.75) is 70.1 Å². The molecule has 1 aromatic carbocycles. The SMILES string of the molecule is CCCc1cccc(OC2CC3CCCC(C2)N3)c1. The van der Waals surface area contributed by atoms with Crippen LogP contribution in [0.3, 0.4) is 0 Å². The number of rotatable bonds is 4. The van der Waals surface area contributed by atoms with Crippen molar-refractivity contribution in [1.82, 2.24) is 5.32 Å². The van der Waals surface area contributed by atoms with Gasteiger partial charge in [0.05, 0.1) is 0 Å². The third kappa shape index (κ3) is 3.30. The molecule has 3 rings (SSSR count). The molecular formula is C17H25NO. The first-order valence-corrected chi connectivity index (χ1v) is 7.85. The van der Waals surface area contributed by atoms with Gasteiger partial charge in [-0.3, -0.25) is 0 Å². The number of fused-ring (bicyclic) bond motifs is 2. The van der Waals surface area contributed by atoms with Crippen LogP contribution in [0, 0.1) is 0 Å². The fourth-order valence-electron chi connectivity index (χ4n) is 3.56. The standard InChI is InChI=1S/C17H25NO/c1-2-5-13-6-3-9-16(10-13)19-17-11-14-7-4-8-15(12-17)18-14/h3,6,9-10,14-15,17-18H,2,4-5,7-8,11-12H2,1H3. The van der Waals surface area contributed by atoms with E-state index in [1.54, 1.807) is 0 Å². The van der Waals surface area contributed by atoms with Gasteiger partial charge in [-0.1, -0.05) is 31.9 Å². The van der Waals surface area contributed by atoms with Crippen LogP contribution in [0.2, 0.25) is 0 Å². The third-order valence-electron chi connectivity index (χ3n) is 4.41. The Morgan fingerprint density at radius 1 is 1.21 bits per heavy atom. The summed E-state index contributed by atoms with van der Waals surface area (Å²) in [5.74, 6) is 1.07. The Morgan fingerprint density at radius 2 is 2.00 bits per heavy atom. The van der Waals surface area contributed by atoms with Crippen molar-refractivity contribution in [3.63, 3.8) is 0 Å². The monoisotopic (exact) mass is 259 g/mol. The quantitative estimate of drug-likeness (QED) is 0.890. The van der Waals surface area contributed by atoms with E-state index in [2.05, 4.69) is 36.5 Å². The number of piperidine rings is 2. The average Bonchev–Trinajstić information content (AvgIpc) is 2.39. The van der Waals surface area contributed by atoms with Gasteiger partial charge in [-0.05, 0) is 49.8 Å². The summed E-state index contributed by atoms with van der Waals surface area (Å²) in [6, 6.07) is 10.0. The molecule has 0 aromatic heterocycles. The van der Waals surface area contributed by atoms with E-state index in [1.165, 1.54) is 44.1 Å². The fraction of sp³-hybridized carbons (Fsp3) is 0.647. The van der Waals surface area contributed by atoms with Gasteiger partial charge in [-0.25, -0.2) is 0 Å². The predicted molar refractivity (Wildman–Crippen MR) is 78.6 cm³/mol. The molecule has 2 fully saturated rings. The number of hydrogen-bond acceptors (Lipinski definition) is 2. The van der Waals surface area contributed by atoms with Crippen molar-refractivity contribution in [3.8, 4) is 5.75 Å². The van der Waals surface area contributed by atoms with Crippen LogP contribution in [0.1, 0.15) is 51.0 Å². The Labute approximate surface area is 116 Å². The van der Waals surface area contributed by atoms with Crippen LogP contribution in [-0.4, -0.2) is 18.2 Å². The highest BCUT2D eigenvalue weighted by Crippen LogP contribution is 2.28. The maximum Gasteiger partial charge on any atom is 0.119 e. The van der Waals surface area contributed by atoms with Crippen LogP contribution in [0.4, 0.5) is 0 Å². The zero-order valence-corrected chi connectivity index (χ0v) is 11.9. The summed E-state index contributed by atoms with van der Waals surface area (Å²) in [4.78, 5) is 0. The lowest BCUT2D eigenvalue weighted by atomic mass is 9.85. The topological polar surface area (TPSA) is 21.3 Å². The number of benzene rings is 1.